The molecule has 144 valence electrons. The van der Waals surface area contributed by atoms with Gasteiger partial charge in [-0.3, -0.25) is 4.98 Å². The lowest BCUT2D eigenvalue weighted by molar-refractivity contribution is 0.0600. The Kier molecular flexibility index (Phi) is 4.94. The number of methoxy groups -OCH3 is 1. The molecule has 2 heterocycles. The Labute approximate surface area is 166 Å². The lowest BCUT2D eigenvalue weighted by atomic mass is 10.1. The fourth-order valence-corrected chi connectivity index (χ4v) is 3.12. The summed E-state index contributed by atoms with van der Waals surface area (Å²) in [5.74, 6) is -0.468. The topological polar surface area (TPSA) is 96.1 Å². The maximum absolute atomic E-state index is 12.7. The number of nitrogens with one attached hydrogen (secondary N) is 3. The molecule has 7 heteroatoms. The van der Waals surface area contributed by atoms with Crippen molar-refractivity contribution in [3.05, 3.63) is 78.6 Å². The van der Waals surface area contributed by atoms with Crippen molar-refractivity contribution in [2.75, 3.05) is 17.7 Å². The molecule has 4 rings (SSSR count). The Bertz CT molecular complexity index is 1190. The molecule has 2 amide bonds. The fraction of sp³-hybridized carbons (Fsp3) is 0.0455. The SMILES string of the molecule is COC(=O)c1cccc(NC(=O)Nc2c(-c3cccnc3)[nH]c3ccccc23)c1. The fourth-order valence-electron chi connectivity index (χ4n) is 3.12. The zero-order chi connectivity index (χ0) is 20.2. The summed E-state index contributed by atoms with van der Waals surface area (Å²) in [7, 11) is 1.31. The molecule has 0 bridgehead atoms. The van der Waals surface area contributed by atoms with Gasteiger partial charge in [0.15, 0.2) is 0 Å². The first kappa shape index (κ1) is 18.2. The molecule has 0 radical (unpaired) electrons. The number of H-pyrrole nitrogens is 1. The third-order valence-electron chi connectivity index (χ3n) is 4.44. The summed E-state index contributed by atoms with van der Waals surface area (Å²) < 4.78 is 4.72. The van der Waals surface area contributed by atoms with Crippen molar-refractivity contribution >= 4 is 34.3 Å². The summed E-state index contributed by atoms with van der Waals surface area (Å²) >= 11 is 0. The molecule has 0 spiro atoms. The Morgan fingerprint density at radius 1 is 1.00 bits per heavy atom. The predicted octanol–water partition coefficient (Wildman–Crippen LogP) is 4.66. The van der Waals surface area contributed by atoms with Crippen LogP contribution in [0.2, 0.25) is 0 Å². The van der Waals surface area contributed by atoms with Crippen molar-refractivity contribution in [1.82, 2.24) is 9.97 Å². The van der Waals surface area contributed by atoms with Crippen LogP contribution < -0.4 is 10.6 Å². The van der Waals surface area contributed by atoms with Gasteiger partial charge < -0.3 is 20.4 Å². The molecule has 0 aliphatic rings. The van der Waals surface area contributed by atoms with E-state index < -0.39 is 12.0 Å². The first-order valence-electron chi connectivity index (χ1n) is 8.93. The van der Waals surface area contributed by atoms with E-state index in [2.05, 4.69) is 20.6 Å². The minimum absolute atomic E-state index is 0.355. The van der Waals surface area contributed by atoms with Crippen molar-refractivity contribution in [2.24, 2.45) is 0 Å². The number of carbonyl (C=O) groups is 2. The summed E-state index contributed by atoms with van der Waals surface area (Å²) in [5, 5.41) is 6.55. The van der Waals surface area contributed by atoms with Crippen LogP contribution in [-0.4, -0.2) is 29.1 Å². The zero-order valence-corrected chi connectivity index (χ0v) is 15.6. The molecule has 0 saturated heterocycles. The number of esters is 1. The van der Waals surface area contributed by atoms with Gasteiger partial charge in [0, 0.05) is 34.5 Å². The van der Waals surface area contributed by atoms with Gasteiger partial charge in [0.2, 0.25) is 0 Å². The minimum Gasteiger partial charge on any atom is -0.465 e. The number of aromatic amines is 1. The van der Waals surface area contributed by atoms with E-state index in [9.17, 15) is 9.59 Å². The van der Waals surface area contributed by atoms with Crippen molar-refractivity contribution in [2.45, 2.75) is 0 Å². The van der Waals surface area contributed by atoms with Crippen molar-refractivity contribution in [1.29, 1.82) is 0 Å². The van der Waals surface area contributed by atoms with Gasteiger partial charge >= 0.3 is 12.0 Å². The number of rotatable bonds is 4. The number of nitrogens with zero attached hydrogens (tertiary/aromatic N) is 1. The lowest BCUT2D eigenvalue weighted by Gasteiger charge is -2.10. The molecular formula is C22H18N4O3. The van der Waals surface area contributed by atoms with Gasteiger partial charge in [0.1, 0.15) is 0 Å². The van der Waals surface area contributed by atoms with E-state index in [0.29, 0.717) is 16.9 Å². The Balaban J connectivity index is 1.64. The van der Waals surface area contributed by atoms with Crippen molar-refractivity contribution in [3.8, 4) is 11.3 Å². The molecule has 2 aromatic heterocycles. The molecule has 29 heavy (non-hydrogen) atoms. The van der Waals surface area contributed by atoms with Gasteiger partial charge in [0.05, 0.1) is 24.1 Å². The number of ether oxygens (including phenoxy) is 1. The van der Waals surface area contributed by atoms with Crippen molar-refractivity contribution in [3.63, 3.8) is 0 Å². The van der Waals surface area contributed by atoms with Gasteiger partial charge in [0.25, 0.3) is 0 Å². The van der Waals surface area contributed by atoms with Crippen LogP contribution in [0.4, 0.5) is 16.2 Å². The van der Waals surface area contributed by atoms with E-state index in [-0.39, 0.29) is 0 Å². The molecule has 0 aliphatic carbocycles. The first-order chi connectivity index (χ1) is 14.2. The van der Waals surface area contributed by atoms with Crippen molar-refractivity contribution < 1.29 is 14.3 Å². The van der Waals surface area contributed by atoms with E-state index in [4.69, 9.17) is 4.74 Å². The molecule has 7 nitrogen and oxygen atoms in total. The second-order valence-corrected chi connectivity index (χ2v) is 6.31. The quantitative estimate of drug-likeness (QED) is 0.445. The van der Waals surface area contributed by atoms with Crippen LogP contribution >= 0.6 is 0 Å². The molecular weight excluding hydrogens is 368 g/mol. The third-order valence-corrected chi connectivity index (χ3v) is 4.44. The first-order valence-corrected chi connectivity index (χ1v) is 8.93. The Hall–Kier alpha value is -4.13. The second kappa shape index (κ2) is 7.85. The highest BCUT2D eigenvalue weighted by molar-refractivity contribution is 6.10. The molecule has 0 atom stereocenters. The van der Waals surface area contributed by atoms with Crippen LogP contribution in [0.1, 0.15) is 10.4 Å². The molecule has 0 fully saturated rings. The lowest BCUT2D eigenvalue weighted by Crippen LogP contribution is -2.20. The van der Waals surface area contributed by atoms with Crippen LogP contribution in [-0.2, 0) is 4.74 Å². The number of hydrogen-bond donors (Lipinski definition) is 3. The molecule has 0 saturated carbocycles. The molecule has 0 unspecified atom stereocenters. The van der Waals surface area contributed by atoms with Gasteiger partial charge in [-0.1, -0.05) is 24.3 Å². The molecule has 2 aromatic carbocycles. The smallest absolute Gasteiger partial charge is 0.337 e. The van der Waals surface area contributed by atoms with Gasteiger partial charge in [-0.2, -0.15) is 0 Å². The van der Waals surface area contributed by atoms with Crippen LogP contribution in [0.15, 0.2) is 73.1 Å². The maximum atomic E-state index is 12.7. The number of amides is 2. The normalized spacial score (nSPS) is 10.5. The van der Waals surface area contributed by atoms with Gasteiger partial charge in [-0.05, 0) is 36.4 Å². The number of benzene rings is 2. The molecule has 0 aliphatic heterocycles. The summed E-state index contributed by atoms with van der Waals surface area (Å²) in [4.78, 5) is 31.9. The number of pyridine rings is 1. The monoisotopic (exact) mass is 386 g/mol. The van der Waals surface area contributed by atoms with Crippen LogP contribution in [0.25, 0.3) is 22.2 Å². The highest BCUT2D eigenvalue weighted by atomic mass is 16.5. The number of hydrogen-bond acceptors (Lipinski definition) is 4. The number of fused-ring (bicyclic) bond motifs is 1. The summed E-state index contributed by atoms with van der Waals surface area (Å²) in [6.45, 7) is 0. The van der Waals surface area contributed by atoms with E-state index in [1.54, 1.807) is 36.7 Å². The number of para-hydroxylation sites is 1. The van der Waals surface area contributed by atoms with E-state index in [1.165, 1.54) is 7.11 Å². The summed E-state index contributed by atoms with van der Waals surface area (Å²) in [6.07, 6.45) is 3.42. The van der Waals surface area contributed by atoms with Gasteiger partial charge in [-0.15, -0.1) is 0 Å². The number of aromatic nitrogens is 2. The average molecular weight is 386 g/mol. The standard InChI is InChI=1S/C22H18N4O3/c1-29-21(27)14-6-4-8-16(12-14)24-22(28)26-20-17-9-2-3-10-18(17)25-19(20)15-7-5-11-23-13-15/h2-13,25H,1H3,(H2,24,26,28). The number of urea groups is 1. The van der Waals surface area contributed by atoms with Crippen LogP contribution in [0.3, 0.4) is 0 Å². The summed E-state index contributed by atoms with van der Waals surface area (Å²) in [5.41, 5.74) is 4.00. The highest BCUT2D eigenvalue weighted by Gasteiger charge is 2.16. The Morgan fingerprint density at radius 3 is 2.66 bits per heavy atom. The zero-order valence-electron chi connectivity index (χ0n) is 15.6. The summed E-state index contributed by atoms with van der Waals surface area (Å²) in [6, 6.07) is 17.6. The van der Waals surface area contributed by atoms with Crippen LogP contribution in [0, 0.1) is 0 Å². The third kappa shape index (κ3) is 3.79. The highest BCUT2D eigenvalue weighted by Crippen LogP contribution is 2.34. The Morgan fingerprint density at radius 2 is 1.86 bits per heavy atom. The minimum atomic E-state index is -0.468. The maximum Gasteiger partial charge on any atom is 0.337 e. The van der Waals surface area contributed by atoms with E-state index in [1.807, 2.05) is 36.4 Å². The number of anilines is 2. The van der Waals surface area contributed by atoms with Crippen LogP contribution in [0.5, 0.6) is 0 Å². The average Bonchev–Trinajstić information content (AvgIpc) is 3.12. The number of carbonyl (C=O) groups excluding carboxylic acids is 2. The van der Waals surface area contributed by atoms with Gasteiger partial charge in [-0.25, -0.2) is 9.59 Å². The molecule has 3 N–H and O–H groups in total. The van der Waals surface area contributed by atoms with E-state index >= 15 is 0 Å². The van der Waals surface area contributed by atoms with E-state index in [0.717, 1.165) is 22.2 Å². The largest absolute Gasteiger partial charge is 0.465 e. The molecule has 4 aromatic rings. The predicted molar refractivity (Wildman–Crippen MR) is 112 cm³/mol. The second-order valence-electron chi connectivity index (χ2n) is 6.31.